The number of aryl methyl sites for hydroxylation is 2. The van der Waals surface area contributed by atoms with Crippen molar-refractivity contribution in [1.82, 2.24) is 4.57 Å². The van der Waals surface area contributed by atoms with Crippen LogP contribution in [0.25, 0.3) is 0 Å². The first-order chi connectivity index (χ1) is 9.24. The zero-order valence-corrected chi connectivity index (χ0v) is 10.7. The van der Waals surface area contributed by atoms with Gasteiger partial charge in [-0.3, -0.25) is 4.79 Å². The second-order valence-corrected chi connectivity index (χ2v) is 5.02. The highest BCUT2D eigenvalue weighted by Crippen LogP contribution is 2.22. The summed E-state index contributed by atoms with van der Waals surface area (Å²) in [5.41, 5.74) is 3.18. The maximum atomic E-state index is 12.8. The van der Waals surface area contributed by atoms with Crippen LogP contribution >= 0.6 is 0 Å². The summed E-state index contributed by atoms with van der Waals surface area (Å²) in [6.07, 6.45) is 5.46. The summed E-state index contributed by atoms with van der Waals surface area (Å²) in [6, 6.07) is 8.54. The smallest absolute Gasteiger partial charge is 0.164 e. The predicted octanol–water partition coefficient (Wildman–Crippen LogP) is 3.39. The summed E-state index contributed by atoms with van der Waals surface area (Å²) in [4.78, 5) is 11.8. The number of nitrogens with zero attached hydrogens (tertiary/aromatic N) is 1. The van der Waals surface area contributed by atoms with Gasteiger partial charge in [0.25, 0.3) is 0 Å². The Morgan fingerprint density at radius 1 is 1.11 bits per heavy atom. The monoisotopic (exact) mass is 257 g/mol. The van der Waals surface area contributed by atoms with Gasteiger partial charge in [-0.15, -0.1) is 0 Å². The molecule has 0 fully saturated rings. The molecule has 0 atom stereocenters. The van der Waals surface area contributed by atoms with E-state index in [9.17, 15) is 9.18 Å². The van der Waals surface area contributed by atoms with Gasteiger partial charge in [0.05, 0.1) is 0 Å². The average molecular weight is 257 g/mol. The highest BCUT2D eigenvalue weighted by molar-refractivity contribution is 5.98. The van der Waals surface area contributed by atoms with E-state index in [0.717, 1.165) is 36.9 Å². The molecule has 0 aliphatic heterocycles. The lowest BCUT2D eigenvalue weighted by molar-refractivity contribution is 0.0972. The van der Waals surface area contributed by atoms with Crippen LogP contribution in [0.2, 0.25) is 0 Å². The molecule has 0 bridgehead atoms. The molecular weight excluding hydrogens is 241 g/mol. The molecule has 0 N–H and O–H groups in total. The van der Waals surface area contributed by atoms with Crippen LogP contribution in [-0.4, -0.2) is 10.4 Å². The average Bonchev–Trinajstić information content (AvgIpc) is 2.83. The molecule has 3 rings (SSSR count). The van der Waals surface area contributed by atoms with E-state index in [1.807, 2.05) is 24.4 Å². The molecule has 1 aliphatic carbocycles. The number of rotatable bonds is 3. The lowest BCUT2D eigenvalue weighted by Crippen LogP contribution is -2.13. The number of aromatic nitrogens is 1. The first-order valence-corrected chi connectivity index (χ1v) is 6.70. The number of hydrogen-bond donors (Lipinski definition) is 0. The second-order valence-electron chi connectivity index (χ2n) is 5.02. The SMILES string of the molecule is O=C1CCCc2c1ccn2CCc1ccc(F)cc1. The number of fused-ring (bicyclic) bond motifs is 1. The van der Waals surface area contributed by atoms with Crippen LogP contribution in [0.5, 0.6) is 0 Å². The summed E-state index contributed by atoms with van der Waals surface area (Å²) in [5.74, 6) is 0.0643. The number of carbonyl (C=O) groups excluding carboxylic acids is 1. The third kappa shape index (κ3) is 2.46. The first-order valence-electron chi connectivity index (χ1n) is 6.70. The van der Waals surface area contributed by atoms with Crippen molar-refractivity contribution in [3.63, 3.8) is 0 Å². The Hall–Kier alpha value is -1.90. The van der Waals surface area contributed by atoms with Crippen LogP contribution in [0.1, 0.15) is 34.5 Å². The van der Waals surface area contributed by atoms with Crippen molar-refractivity contribution in [2.75, 3.05) is 0 Å². The lowest BCUT2D eigenvalue weighted by atomic mass is 9.97. The minimum absolute atomic E-state index is 0.201. The van der Waals surface area contributed by atoms with Crippen LogP contribution in [0.3, 0.4) is 0 Å². The van der Waals surface area contributed by atoms with Crippen molar-refractivity contribution in [3.05, 3.63) is 59.2 Å². The van der Waals surface area contributed by atoms with Gasteiger partial charge in [-0.05, 0) is 43.0 Å². The Kier molecular flexibility index (Phi) is 3.20. The van der Waals surface area contributed by atoms with E-state index >= 15 is 0 Å². The summed E-state index contributed by atoms with van der Waals surface area (Å²) >= 11 is 0. The maximum absolute atomic E-state index is 12.8. The molecule has 2 nitrogen and oxygen atoms in total. The van der Waals surface area contributed by atoms with Gasteiger partial charge in [0.2, 0.25) is 0 Å². The van der Waals surface area contributed by atoms with Gasteiger partial charge in [0.1, 0.15) is 5.82 Å². The molecule has 0 saturated carbocycles. The van der Waals surface area contributed by atoms with E-state index in [1.54, 1.807) is 0 Å². The van der Waals surface area contributed by atoms with Crippen LogP contribution < -0.4 is 0 Å². The summed E-state index contributed by atoms with van der Waals surface area (Å²) in [5, 5.41) is 0. The van der Waals surface area contributed by atoms with E-state index < -0.39 is 0 Å². The molecule has 0 spiro atoms. The third-order valence-corrected chi connectivity index (χ3v) is 3.75. The minimum atomic E-state index is -0.201. The van der Waals surface area contributed by atoms with Gasteiger partial charge in [-0.2, -0.15) is 0 Å². The number of benzene rings is 1. The molecule has 2 aromatic rings. The van der Waals surface area contributed by atoms with Crippen LogP contribution in [0.4, 0.5) is 4.39 Å². The molecule has 1 heterocycles. The topological polar surface area (TPSA) is 22.0 Å². The Balaban J connectivity index is 1.74. The number of ketones is 1. The van der Waals surface area contributed by atoms with Crippen LogP contribution in [0, 0.1) is 5.82 Å². The fourth-order valence-corrected chi connectivity index (χ4v) is 2.70. The van der Waals surface area contributed by atoms with E-state index in [1.165, 1.54) is 17.8 Å². The maximum Gasteiger partial charge on any atom is 0.164 e. The first kappa shape index (κ1) is 12.2. The quantitative estimate of drug-likeness (QED) is 0.826. The normalized spacial score (nSPS) is 14.5. The van der Waals surface area contributed by atoms with Crippen molar-refractivity contribution >= 4 is 5.78 Å². The molecular formula is C16H16FNO. The largest absolute Gasteiger partial charge is 0.350 e. The zero-order chi connectivity index (χ0) is 13.2. The standard InChI is InChI=1S/C16H16FNO/c17-13-6-4-12(5-7-13)8-10-18-11-9-14-15(18)2-1-3-16(14)19/h4-7,9,11H,1-3,8,10H2. The van der Waals surface area contributed by atoms with Gasteiger partial charge in [0, 0.05) is 30.4 Å². The van der Waals surface area contributed by atoms with Gasteiger partial charge >= 0.3 is 0 Å². The fourth-order valence-electron chi connectivity index (χ4n) is 2.70. The van der Waals surface area contributed by atoms with Gasteiger partial charge in [-0.25, -0.2) is 4.39 Å². The second kappa shape index (κ2) is 5.00. The van der Waals surface area contributed by atoms with E-state index in [-0.39, 0.29) is 11.6 Å². The third-order valence-electron chi connectivity index (χ3n) is 3.75. The molecule has 19 heavy (non-hydrogen) atoms. The number of halogens is 1. The van der Waals surface area contributed by atoms with Crippen molar-refractivity contribution in [3.8, 4) is 0 Å². The number of Topliss-reactive ketones (excluding diaryl/α,β-unsaturated/α-hetero) is 1. The molecule has 0 unspecified atom stereocenters. The molecule has 3 heteroatoms. The van der Waals surface area contributed by atoms with Crippen molar-refractivity contribution in [2.24, 2.45) is 0 Å². The Labute approximate surface area is 111 Å². The van der Waals surface area contributed by atoms with Crippen LogP contribution in [0.15, 0.2) is 36.5 Å². The van der Waals surface area contributed by atoms with Gasteiger partial charge in [-0.1, -0.05) is 12.1 Å². The highest BCUT2D eigenvalue weighted by Gasteiger charge is 2.20. The molecule has 0 amide bonds. The van der Waals surface area contributed by atoms with Crippen molar-refractivity contribution in [1.29, 1.82) is 0 Å². The van der Waals surface area contributed by atoms with E-state index in [0.29, 0.717) is 6.42 Å². The summed E-state index contributed by atoms with van der Waals surface area (Å²) < 4.78 is 15.0. The molecule has 98 valence electrons. The Bertz CT molecular complexity index is 598. The molecule has 0 saturated heterocycles. The summed E-state index contributed by atoms with van der Waals surface area (Å²) in [7, 11) is 0. The molecule has 0 radical (unpaired) electrons. The van der Waals surface area contributed by atoms with Crippen molar-refractivity contribution < 1.29 is 9.18 Å². The predicted molar refractivity (Wildman–Crippen MR) is 71.8 cm³/mol. The van der Waals surface area contributed by atoms with Gasteiger partial charge < -0.3 is 4.57 Å². The molecule has 1 aromatic heterocycles. The fraction of sp³-hybridized carbons (Fsp3) is 0.312. The lowest BCUT2D eigenvalue weighted by Gasteiger charge is -2.15. The van der Waals surface area contributed by atoms with Gasteiger partial charge in [0.15, 0.2) is 5.78 Å². The Morgan fingerprint density at radius 2 is 1.89 bits per heavy atom. The zero-order valence-electron chi connectivity index (χ0n) is 10.7. The number of hydrogen-bond acceptors (Lipinski definition) is 1. The minimum Gasteiger partial charge on any atom is -0.350 e. The number of carbonyl (C=O) groups is 1. The highest BCUT2D eigenvalue weighted by atomic mass is 19.1. The van der Waals surface area contributed by atoms with E-state index in [2.05, 4.69) is 4.57 Å². The van der Waals surface area contributed by atoms with E-state index in [4.69, 9.17) is 0 Å². The summed E-state index contributed by atoms with van der Waals surface area (Å²) in [6.45, 7) is 0.842. The molecule has 1 aromatic carbocycles. The molecule has 1 aliphatic rings. The van der Waals surface area contributed by atoms with Crippen LogP contribution in [-0.2, 0) is 19.4 Å². The van der Waals surface area contributed by atoms with Crippen molar-refractivity contribution in [2.45, 2.75) is 32.2 Å². The Morgan fingerprint density at radius 3 is 2.68 bits per heavy atom.